The van der Waals surface area contributed by atoms with Crippen LogP contribution in [-0.4, -0.2) is 20.0 Å². The summed E-state index contributed by atoms with van der Waals surface area (Å²) >= 11 is 0.446. The highest BCUT2D eigenvalue weighted by Crippen LogP contribution is 2.56. The molecule has 2 rings (SSSR count). The molecule has 21 heavy (non-hydrogen) atoms. The zero-order valence-corrected chi connectivity index (χ0v) is 12.7. The van der Waals surface area contributed by atoms with Crippen molar-refractivity contribution in [2.45, 2.75) is 17.7 Å². The smallest absolute Gasteiger partial charge is 0.388 e. The zero-order valence-electron chi connectivity index (χ0n) is 11.0. The molecule has 4 N–H and O–H groups in total. The van der Waals surface area contributed by atoms with Gasteiger partial charge in [-0.15, -0.1) is 0 Å². The van der Waals surface area contributed by atoms with Crippen molar-refractivity contribution in [2.75, 3.05) is 0 Å². The fraction of sp³-hybridized carbons (Fsp3) is 0.143. The third-order valence-electron chi connectivity index (χ3n) is 2.93. The Labute approximate surface area is 126 Å². The maximum atomic E-state index is 11.1. The molecule has 5 nitrogen and oxygen atoms in total. The lowest BCUT2D eigenvalue weighted by molar-refractivity contribution is 0.397. The first-order chi connectivity index (χ1) is 9.85. The number of hydrogen-bond acceptors (Lipinski definition) is 4. The highest BCUT2D eigenvalue weighted by Gasteiger charge is 2.19. The van der Waals surface area contributed by atoms with E-state index in [9.17, 15) is 14.8 Å². The molecule has 0 amide bonds. The molecule has 0 atom stereocenters. The van der Waals surface area contributed by atoms with E-state index < -0.39 is 6.80 Å². The van der Waals surface area contributed by atoms with Gasteiger partial charge < -0.3 is 20.0 Å². The molecule has 0 aromatic heterocycles. The van der Waals surface area contributed by atoms with Crippen molar-refractivity contribution in [2.24, 2.45) is 0 Å². The average molecular weight is 326 g/mol. The quantitative estimate of drug-likeness (QED) is 0.630. The number of aryl methyl sites for hydroxylation is 1. The van der Waals surface area contributed by atoms with Crippen LogP contribution in [0, 0.1) is 0 Å². The lowest BCUT2D eigenvalue weighted by Crippen LogP contribution is -1.94. The van der Waals surface area contributed by atoms with Crippen molar-refractivity contribution in [3.05, 3.63) is 53.6 Å². The predicted molar refractivity (Wildman–Crippen MR) is 81.5 cm³/mol. The summed E-state index contributed by atoms with van der Waals surface area (Å²) < 4.78 is 11.1. The first-order valence-corrected chi connectivity index (χ1v) is 9.22. The third kappa shape index (κ3) is 4.79. The summed E-state index contributed by atoms with van der Waals surface area (Å²) in [6.07, 6.45) is 1.03. The number of phenols is 2. The number of benzene rings is 2. The van der Waals surface area contributed by atoms with Gasteiger partial charge in [0.2, 0.25) is 0 Å². The van der Waals surface area contributed by atoms with Gasteiger partial charge in [0.15, 0.2) is 0 Å². The van der Waals surface area contributed by atoms with Crippen molar-refractivity contribution in [1.82, 2.24) is 0 Å². The normalized spacial score (nSPS) is 11.5. The molecule has 0 radical (unpaired) electrons. The minimum absolute atomic E-state index is 0.0206. The standard InChI is InChI=1S/C14H15O5PS/c15-11-7-4-10(5-8-11)6-9-12-13(16)2-1-3-14(12)21-20(17,18)19/h1-5,7-8,15-16H,6,9H2,(H2,17,18,19). The summed E-state index contributed by atoms with van der Waals surface area (Å²) in [6.45, 7) is -4.26. The van der Waals surface area contributed by atoms with Gasteiger partial charge in [-0.3, -0.25) is 0 Å². The molecule has 0 unspecified atom stereocenters. The van der Waals surface area contributed by atoms with Crippen LogP contribution in [0.4, 0.5) is 0 Å². The van der Waals surface area contributed by atoms with E-state index in [4.69, 9.17) is 9.79 Å². The van der Waals surface area contributed by atoms with E-state index in [2.05, 4.69) is 0 Å². The summed E-state index contributed by atoms with van der Waals surface area (Å²) in [7, 11) is 0. The van der Waals surface area contributed by atoms with E-state index in [1.165, 1.54) is 6.07 Å². The van der Waals surface area contributed by atoms with Gasteiger partial charge >= 0.3 is 6.80 Å². The highest BCUT2D eigenvalue weighted by molar-refractivity contribution is 8.54. The molecular formula is C14H15O5PS. The van der Waals surface area contributed by atoms with E-state index in [-0.39, 0.29) is 11.5 Å². The highest BCUT2D eigenvalue weighted by atomic mass is 32.7. The largest absolute Gasteiger partial charge is 0.508 e. The van der Waals surface area contributed by atoms with Crippen LogP contribution < -0.4 is 0 Å². The van der Waals surface area contributed by atoms with Gasteiger partial charge in [0, 0.05) is 10.5 Å². The van der Waals surface area contributed by atoms with Gasteiger partial charge in [-0.1, -0.05) is 18.2 Å². The Morgan fingerprint density at radius 2 is 1.62 bits per heavy atom. The Kier molecular flexibility index (Phi) is 4.96. The molecule has 0 saturated heterocycles. The van der Waals surface area contributed by atoms with Crippen LogP contribution in [0.2, 0.25) is 0 Å². The van der Waals surface area contributed by atoms with Crippen molar-refractivity contribution in [3.8, 4) is 11.5 Å². The first-order valence-electron chi connectivity index (χ1n) is 6.19. The predicted octanol–water partition coefficient (Wildman–Crippen LogP) is 3.07. The molecule has 0 fully saturated rings. The maximum absolute atomic E-state index is 11.1. The van der Waals surface area contributed by atoms with E-state index in [0.29, 0.717) is 34.7 Å². The van der Waals surface area contributed by atoms with Gasteiger partial charge in [0.05, 0.1) is 0 Å². The Morgan fingerprint density at radius 3 is 2.24 bits per heavy atom. The summed E-state index contributed by atoms with van der Waals surface area (Å²) in [5.41, 5.74) is 1.47. The first kappa shape index (κ1) is 15.9. The van der Waals surface area contributed by atoms with Crippen LogP contribution >= 0.6 is 18.2 Å². The van der Waals surface area contributed by atoms with Gasteiger partial charge in [-0.25, -0.2) is 4.57 Å². The van der Waals surface area contributed by atoms with Crippen LogP contribution in [0.15, 0.2) is 47.4 Å². The Morgan fingerprint density at radius 1 is 0.952 bits per heavy atom. The summed E-state index contributed by atoms with van der Waals surface area (Å²) in [5.74, 6) is 0.200. The van der Waals surface area contributed by atoms with Gasteiger partial charge in [0.1, 0.15) is 11.5 Å². The van der Waals surface area contributed by atoms with Crippen LogP contribution in [0.3, 0.4) is 0 Å². The second kappa shape index (κ2) is 6.54. The summed E-state index contributed by atoms with van der Waals surface area (Å²) in [4.78, 5) is 18.5. The molecule has 0 bridgehead atoms. The van der Waals surface area contributed by atoms with Gasteiger partial charge in [-0.2, -0.15) is 0 Å². The molecule has 0 spiro atoms. The monoisotopic (exact) mass is 326 g/mol. The van der Waals surface area contributed by atoms with E-state index >= 15 is 0 Å². The lowest BCUT2D eigenvalue weighted by Gasteiger charge is -2.11. The molecule has 2 aromatic rings. The molecule has 112 valence electrons. The van der Waals surface area contributed by atoms with Crippen molar-refractivity contribution >= 4 is 18.2 Å². The number of hydrogen-bond donors (Lipinski definition) is 4. The van der Waals surface area contributed by atoms with E-state index in [1.54, 1.807) is 36.4 Å². The molecule has 2 aromatic carbocycles. The van der Waals surface area contributed by atoms with Crippen LogP contribution in [0.25, 0.3) is 0 Å². The number of phenolic OH excluding ortho intramolecular Hbond substituents is 2. The lowest BCUT2D eigenvalue weighted by atomic mass is 10.0. The third-order valence-corrected chi connectivity index (χ3v) is 5.05. The van der Waals surface area contributed by atoms with Gasteiger partial charge in [-0.05, 0) is 54.1 Å². The van der Waals surface area contributed by atoms with Crippen molar-refractivity contribution in [1.29, 1.82) is 0 Å². The number of aromatic hydroxyl groups is 2. The Balaban J connectivity index is 2.18. The minimum Gasteiger partial charge on any atom is -0.508 e. The van der Waals surface area contributed by atoms with E-state index in [1.807, 2.05) is 0 Å². The molecule has 0 aliphatic heterocycles. The summed E-state index contributed by atoms with van der Waals surface area (Å²) in [5, 5.41) is 19.1. The number of rotatable bonds is 5. The molecule has 0 aliphatic rings. The average Bonchev–Trinajstić information content (AvgIpc) is 2.38. The zero-order chi connectivity index (χ0) is 15.5. The van der Waals surface area contributed by atoms with Crippen LogP contribution in [0.5, 0.6) is 11.5 Å². The molecule has 0 aliphatic carbocycles. The SMILES string of the molecule is O=P(O)(O)Sc1cccc(O)c1CCc1ccc(O)cc1. The second-order valence-electron chi connectivity index (χ2n) is 4.50. The topological polar surface area (TPSA) is 98.0 Å². The molecule has 0 saturated carbocycles. The second-order valence-corrected chi connectivity index (χ2v) is 8.08. The van der Waals surface area contributed by atoms with Crippen LogP contribution in [-0.2, 0) is 17.4 Å². The van der Waals surface area contributed by atoms with Crippen molar-refractivity contribution < 1.29 is 24.6 Å². The fourth-order valence-electron chi connectivity index (χ4n) is 1.95. The van der Waals surface area contributed by atoms with Crippen molar-refractivity contribution in [3.63, 3.8) is 0 Å². The maximum Gasteiger partial charge on any atom is 0.388 e. The van der Waals surface area contributed by atoms with Gasteiger partial charge in [0.25, 0.3) is 0 Å². The fourth-order valence-corrected chi connectivity index (χ4v) is 3.95. The van der Waals surface area contributed by atoms with E-state index in [0.717, 1.165) is 5.56 Å². The minimum atomic E-state index is -4.26. The Bertz CT molecular complexity index is 666. The molecule has 7 heteroatoms. The Hall–Kier alpha value is -1.46. The van der Waals surface area contributed by atoms with Crippen LogP contribution in [0.1, 0.15) is 11.1 Å². The molecule has 0 heterocycles. The molecular weight excluding hydrogens is 311 g/mol. The summed E-state index contributed by atoms with van der Waals surface area (Å²) in [6, 6.07) is 11.3.